The Labute approximate surface area is 122 Å². The highest BCUT2D eigenvalue weighted by Crippen LogP contribution is 2.43. The predicted molar refractivity (Wildman–Crippen MR) is 80.3 cm³/mol. The number of aryl methyl sites for hydroxylation is 1. The lowest BCUT2D eigenvalue weighted by molar-refractivity contribution is 0.113. The smallest absolute Gasteiger partial charge is 0.138 e. The van der Waals surface area contributed by atoms with E-state index >= 15 is 0 Å². The van der Waals surface area contributed by atoms with Crippen molar-refractivity contribution < 1.29 is 0 Å². The van der Waals surface area contributed by atoms with E-state index in [1.54, 1.807) is 6.33 Å². The fourth-order valence-corrected chi connectivity index (χ4v) is 3.64. The zero-order chi connectivity index (χ0) is 14.2. The van der Waals surface area contributed by atoms with Gasteiger partial charge in [0.15, 0.2) is 0 Å². The lowest BCUT2D eigenvalue weighted by Crippen LogP contribution is -2.38. The summed E-state index contributed by atoms with van der Waals surface area (Å²) in [4.78, 5) is 4.43. The quantitative estimate of drug-likeness (QED) is 0.899. The minimum atomic E-state index is 0.485. The zero-order valence-electron chi connectivity index (χ0n) is 13.1. The molecule has 2 aliphatic carbocycles. The number of nitrogens with one attached hydrogen (secondary N) is 1. The fraction of sp³-hybridized carbons (Fsp3) is 0.875. The summed E-state index contributed by atoms with van der Waals surface area (Å²) in [5.41, 5.74) is 0.485. The molecule has 0 aliphatic heterocycles. The van der Waals surface area contributed by atoms with Crippen molar-refractivity contribution in [1.29, 1.82) is 0 Å². The molecule has 1 N–H and O–H groups in total. The molecule has 0 aromatic carbocycles. The molecule has 20 heavy (non-hydrogen) atoms. The standard InChI is InChI=1S/C16H28N4/c1-16(2)7-6-12(10-17-14-4-5-14)13(9-16)8-15-18-11-19-20(15)3/h11-14,17H,4-10H2,1-3H3. The Balaban J connectivity index is 1.65. The average molecular weight is 276 g/mol. The van der Waals surface area contributed by atoms with Gasteiger partial charge < -0.3 is 5.32 Å². The van der Waals surface area contributed by atoms with E-state index in [0.29, 0.717) is 5.41 Å². The Kier molecular flexibility index (Phi) is 3.85. The minimum absolute atomic E-state index is 0.485. The van der Waals surface area contributed by atoms with Crippen LogP contribution in [-0.2, 0) is 13.5 Å². The van der Waals surface area contributed by atoms with Crippen molar-refractivity contribution in [2.45, 2.75) is 58.4 Å². The maximum absolute atomic E-state index is 4.43. The maximum Gasteiger partial charge on any atom is 0.138 e. The van der Waals surface area contributed by atoms with Gasteiger partial charge in [-0.2, -0.15) is 5.10 Å². The molecule has 0 bridgehead atoms. The maximum atomic E-state index is 4.43. The number of hydrogen-bond acceptors (Lipinski definition) is 3. The summed E-state index contributed by atoms with van der Waals surface area (Å²) in [6.07, 6.45) is 9.56. The van der Waals surface area contributed by atoms with E-state index in [-0.39, 0.29) is 0 Å². The van der Waals surface area contributed by atoms with Crippen molar-refractivity contribution >= 4 is 0 Å². The molecule has 2 unspecified atom stereocenters. The topological polar surface area (TPSA) is 42.7 Å². The second-order valence-electron chi connectivity index (χ2n) is 7.61. The largest absolute Gasteiger partial charge is 0.314 e. The summed E-state index contributed by atoms with van der Waals surface area (Å²) in [5.74, 6) is 2.69. The van der Waals surface area contributed by atoms with Crippen LogP contribution in [0.15, 0.2) is 6.33 Å². The van der Waals surface area contributed by atoms with Crippen LogP contribution in [0.5, 0.6) is 0 Å². The molecule has 1 aromatic rings. The van der Waals surface area contributed by atoms with Gasteiger partial charge in [-0.05, 0) is 55.9 Å². The van der Waals surface area contributed by atoms with Crippen molar-refractivity contribution in [2.24, 2.45) is 24.3 Å². The summed E-state index contributed by atoms with van der Waals surface area (Å²) in [6, 6.07) is 0.820. The highest BCUT2D eigenvalue weighted by molar-refractivity contribution is 4.94. The molecule has 2 aliphatic rings. The van der Waals surface area contributed by atoms with Gasteiger partial charge in [-0.3, -0.25) is 4.68 Å². The second kappa shape index (κ2) is 5.47. The van der Waals surface area contributed by atoms with Gasteiger partial charge in [0, 0.05) is 19.5 Å². The molecule has 1 heterocycles. The van der Waals surface area contributed by atoms with E-state index in [1.165, 1.54) is 38.6 Å². The van der Waals surface area contributed by atoms with Crippen molar-refractivity contribution in [3.63, 3.8) is 0 Å². The molecule has 2 fully saturated rings. The summed E-state index contributed by atoms with van der Waals surface area (Å²) < 4.78 is 1.94. The van der Waals surface area contributed by atoms with E-state index in [4.69, 9.17) is 0 Å². The van der Waals surface area contributed by atoms with Gasteiger partial charge in [0.1, 0.15) is 12.2 Å². The summed E-state index contributed by atoms with van der Waals surface area (Å²) in [7, 11) is 2.01. The molecule has 0 saturated heterocycles. The average Bonchev–Trinajstić information content (AvgIpc) is 3.12. The summed E-state index contributed by atoms with van der Waals surface area (Å²) in [6.45, 7) is 6.03. The SMILES string of the molecule is Cn1ncnc1CC1CC(C)(C)CCC1CNC1CC1. The Bertz CT molecular complexity index is 445. The third kappa shape index (κ3) is 3.40. The molecule has 2 atom stereocenters. The molecule has 0 radical (unpaired) electrons. The van der Waals surface area contributed by atoms with Crippen LogP contribution in [0.4, 0.5) is 0 Å². The molecular weight excluding hydrogens is 248 g/mol. The van der Waals surface area contributed by atoms with Crippen molar-refractivity contribution in [3.8, 4) is 0 Å². The van der Waals surface area contributed by atoms with Gasteiger partial charge in [-0.25, -0.2) is 4.98 Å². The van der Waals surface area contributed by atoms with Gasteiger partial charge in [-0.15, -0.1) is 0 Å². The first-order valence-electron chi connectivity index (χ1n) is 8.10. The van der Waals surface area contributed by atoms with E-state index in [9.17, 15) is 0 Å². The molecule has 0 amide bonds. The predicted octanol–water partition coefficient (Wildman–Crippen LogP) is 2.55. The van der Waals surface area contributed by atoms with E-state index < -0.39 is 0 Å². The Morgan fingerprint density at radius 3 is 2.75 bits per heavy atom. The number of rotatable bonds is 5. The molecule has 3 rings (SSSR count). The van der Waals surface area contributed by atoms with Gasteiger partial charge in [-0.1, -0.05) is 13.8 Å². The van der Waals surface area contributed by atoms with Crippen LogP contribution in [-0.4, -0.2) is 27.4 Å². The van der Waals surface area contributed by atoms with Crippen molar-refractivity contribution in [1.82, 2.24) is 20.1 Å². The van der Waals surface area contributed by atoms with E-state index in [0.717, 1.165) is 30.1 Å². The summed E-state index contributed by atoms with van der Waals surface area (Å²) in [5, 5.41) is 7.95. The van der Waals surface area contributed by atoms with E-state index in [1.807, 2.05) is 11.7 Å². The monoisotopic (exact) mass is 276 g/mol. The summed E-state index contributed by atoms with van der Waals surface area (Å²) >= 11 is 0. The molecule has 4 heteroatoms. The van der Waals surface area contributed by atoms with Gasteiger partial charge in [0.25, 0.3) is 0 Å². The third-order valence-corrected chi connectivity index (χ3v) is 5.17. The fourth-order valence-electron chi connectivity index (χ4n) is 3.64. The number of aromatic nitrogens is 3. The van der Waals surface area contributed by atoms with Crippen LogP contribution in [0.1, 0.15) is 51.8 Å². The Morgan fingerprint density at radius 1 is 1.30 bits per heavy atom. The number of hydrogen-bond donors (Lipinski definition) is 1. The lowest BCUT2D eigenvalue weighted by atomic mass is 9.66. The van der Waals surface area contributed by atoms with Gasteiger partial charge >= 0.3 is 0 Å². The van der Waals surface area contributed by atoms with Crippen LogP contribution in [0.2, 0.25) is 0 Å². The first kappa shape index (κ1) is 14.1. The second-order valence-corrected chi connectivity index (χ2v) is 7.61. The molecule has 112 valence electrons. The molecule has 4 nitrogen and oxygen atoms in total. The van der Waals surface area contributed by atoms with Gasteiger partial charge in [0.05, 0.1) is 0 Å². The van der Waals surface area contributed by atoms with Crippen molar-refractivity contribution in [2.75, 3.05) is 6.54 Å². The molecule has 1 aromatic heterocycles. The Morgan fingerprint density at radius 2 is 2.10 bits per heavy atom. The normalized spacial score (nSPS) is 29.6. The molecular formula is C16H28N4. The van der Waals surface area contributed by atoms with Crippen LogP contribution in [0.3, 0.4) is 0 Å². The Hall–Kier alpha value is -0.900. The first-order chi connectivity index (χ1) is 9.53. The van der Waals surface area contributed by atoms with Crippen LogP contribution in [0, 0.1) is 17.3 Å². The zero-order valence-corrected chi connectivity index (χ0v) is 13.1. The lowest BCUT2D eigenvalue weighted by Gasteiger charge is -2.41. The molecule has 0 spiro atoms. The highest BCUT2D eigenvalue weighted by atomic mass is 15.3. The number of nitrogens with zero attached hydrogens (tertiary/aromatic N) is 3. The van der Waals surface area contributed by atoms with E-state index in [2.05, 4.69) is 29.2 Å². The van der Waals surface area contributed by atoms with Crippen LogP contribution in [0.25, 0.3) is 0 Å². The van der Waals surface area contributed by atoms with Crippen molar-refractivity contribution in [3.05, 3.63) is 12.2 Å². The van der Waals surface area contributed by atoms with Crippen LogP contribution < -0.4 is 5.32 Å². The minimum Gasteiger partial charge on any atom is -0.314 e. The molecule has 2 saturated carbocycles. The highest BCUT2D eigenvalue weighted by Gasteiger charge is 2.36. The first-order valence-corrected chi connectivity index (χ1v) is 8.10. The third-order valence-electron chi connectivity index (χ3n) is 5.17. The van der Waals surface area contributed by atoms with Crippen LogP contribution >= 0.6 is 0 Å². The van der Waals surface area contributed by atoms with Gasteiger partial charge in [0.2, 0.25) is 0 Å².